The molecule has 2 fully saturated rings. The maximum Gasteiger partial charge on any atom is 0.471 e. The highest BCUT2D eigenvalue weighted by molar-refractivity contribution is 6.32. The summed E-state index contributed by atoms with van der Waals surface area (Å²) in [5.41, 5.74) is 7.95. The van der Waals surface area contributed by atoms with Crippen LogP contribution in [0.2, 0.25) is 10.0 Å². The first-order valence-corrected chi connectivity index (χ1v) is 27.0. The molecule has 81 heavy (non-hydrogen) atoms. The van der Waals surface area contributed by atoms with E-state index in [1.165, 1.54) is 41.6 Å². The average Bonchev–Trinajstić information content (AvgIpc) is 4.28. The van der Waals surface area contributed by atoms with Crippen molar-refractivity contribution in [2.24, 2.45) is 0 Å². The van der Waals surface area contributed by atoms with E-state index in [0.717, 1.165) is 35.1 Å². The van der Waals surface area contributed by atoms with Crippen molar-refractivity contribution in [2.45, 2.75) is 120 Å². The fourth-order valence-corrected chi connectivity index (χ4v) is 10.6. The summed E-state index contributed by atoms with van der Waals surface area (Å²) in [4.78, 5) is 66.6. The van der Waals surface area contributed by atoms with Gasteiger partial charge in [-0.2, -0.15) is 13.2 Å². The summed E-state index contributed by atoms with van der Waals surface area (Å²) in [6.07, 6.45) is 2.65. The number of halogens is 7. The fourth-order valence-electron chi connectivity index (χ4n) is 10.2. The second-order valence-corrected chi connectivity index (χ2v) is 21.9. The van der Waals surface area contributed by atoms with Gasteiger partial charge in [-0.1, -0.05) is 83.9 Å². The zero-order chi connectivity index (χ0) is 57.6. The highest BCUT2D eigenvalue weighted by atomic mass is 35.5. The Labute approximate surface area is 474 Å². The van der Waals surface area contributed by atoms with Crippen LogP contribution in [0.5, 0.6) is 0 Å². The number of carbonyl (C=O) groups is 4. The van der Waals surface area contributed by atoms with E-state index in [4.69, 9.17) is 27.9 Å². The second kappa shape index (κ2) is 24.8. The lowest BCUT2D eigenvalue weighted by atomic mass is 9.89. The molecule has 10 rings (SSSR count). The van der Waals surface area contributed by atoms with Gasteiger partial charge in [-0.15, -0.1) is 0 Å². The molecule has 0 bridgehead atoms. The van der Waals surface area contributed by atoms with Crippen LogP contribution in [0.3, 0.4) is 0 Å². The van der Waals surface area contributed by atoms with Crippen molar-refractivity contribution in [1.29, 1.82) is 0 Å². The van der Waals surface area contributed by atoms with Gasteiger partial charge in [-0.05, 0) is 143 Å². The van der Waals surface area contributed by atoms with E-state index in [1.807, 2.05) is 42.5 Å². The molecule has 422 valence electrons. The summed E-state index contributed by atoms with van der Waals surface area (Å²) in [6, 6.07) is 26.0. The summed E-state index contributed by atoms with van der Waals surface area (Å²) >= 11 is 12.9. The SMILES string of the molecule is CC(C)(C)OC(=O)Nc1ccc(C(=O)NC2CC(F)CC(Nc3ncc(Cl)c(C4=CCc5ccccc54)n3)C2)cc1.O=C(NC1CC(F)CC(Nc2ncc(Cl)c(C3=CCc4ccccc43)n2)C1)c1ccc(NC(=O)C(F)(F)F)cc1. The lowest BCUT2D eigenvalue weighted by Crippen LogP contribution is -2.45. The monoisotopic (exact) mass is 1150 g/mol. The van der Waals surface area contributed by atoms with E-state index in [0.29, 0.717) is 57.4 Å². The van der Waals surface area contributed by atoms with Crippen molar-refractivity contribution in [3.05, 3.63) is 176 Å². The minimum Gasteiger partial charge on any atom is -0.444 e. The van der Waals surface area contributed by atoms with Crippen LogP contribution >= 0.6 is 23.2 Å². The molecule has 6 unspecified atom stereocenters. The Hall–Kier alpha value is -7.97. The van der Waals surface area contributed by atoms with Crippen molar-refractivity contribution in [2.75, 3.05) is 21.3 Å². The van der Waals surface area contributed by atoms with Crippen LogP contribution in [-0.2, 0) is 22.4 Å². The lowest BCUT2D eigenvalue weighted by molar-refractivity contribution is -0.167. The van der Waals surface area contributed by atoms with E-state index in [2.05, 4.69) is 64.7 Å². The molecule has 0 spiro atoms. The Balaban J connectivity index is 0.000000196. The van der Waals surface area contributed by atoms with E-state index >= 15 is 0 Å². The van der Waals surface area contributed by atoms with Gasteiger partial charge in [0, 0.05) is 57.8 Å². The third kappa shape index (κ3) is 15.1. The molecule has 2 saturated carbocycles. The minimum atomic E-state index is -5.03. The predicted molar refractivity (Wildman–Crippen MR) is 301 cm³/mol. The summed E-state index contributed by atoms with van der Waals surface area (Å²) in [6.45, 7) is 5.33. The van der Waals surface area contributed by atoms with Crippen molar-refractivity contribution >= 4 is 81.4 Å². The number of alkyl halides is 5. The molecule has 2 aromatic heterocycles. The van der Waals surface area contributed by atoms with Gasteiger partial charge in [0.05, 0.1) is 33.8 Å². The van der Waals surface area contributed by atoms with Gasteiger partial charge in [0.15, 0.2) is 0 Å². The number of ether oxygens (including phenoxy) is 1. The molecule has 6 aromatic rings. The number of allylic oxidation sites excluding steroid dienone is 2. The first kappa shape index (κ1) is 57.7. The van der Waals surface area contributed by atoms with E-state index in [1.54, 1.807) is 56.6 Å². The summed E-state index contributed by atoms with van der Waals surface area (Å²) in [5, 5.41) is 17.4. The van der Waals surface area contributed by atoms with Gasteiger partial charge < -0.3 is 31.3 Å². The summed E-state index contributed by atoms with van der Waals surface area (Å²) in [7, 11) is 0. The molecule has 0 aliphatic heterocycles. The Morgan fingerprint density at radius 1 is 0.556 bits per heavy atom. The number of fused-ring (bicyclic) bond motifs is 2. The Morgan fingerprint density at radius 3 is 1.38 bits per heavy atom. The van der Waals surface area contributed by atoms with Crippen molar-refractivity contribution in [3.63, 3.8) is 0 Å². The normalized spacial score (nSPS) is 20.2. The molecule has 6 N–H and O–H groups in total. The van der Waals surface area contributed by atoms with Crippen LogP contribution in [0.25, 0.3) is 11.1 Å². The van der Waals surface area contributed by atoms with Gasteiger partial charge in [0.2, 0.25) is 11.9 Å². The molecule has 0 radical (unpaired) electrons. The number of aromatic nitrogens is 4. The Kier molecular flexibility index (Phi) is 17.7. The topological polar surface area (TPSA) is 201 Å². The van der Waals surface area contributed by atoms with Crippen LogP contribution in [-0.4, -0.2) is 92.0 Å². The van der Waals surface area contributed by atoms with E-state index < -0.39 is 48.1 Å². The van der Waals surface area contributed by atoms with Crippen molar-refractivity contribution in [1.82, 2.24) is 30.6 Å². The van der Waals surface area contributed by atoms with Crippen LogP contribution in [0.15, 0.2) is 122 Å². The van der Waals surface area contributed by atoms with Crippen LogP contribution in [0.1, 0.15) is 114 Å². The predicted octanol–water partition coefficient (Wildman–Crippen LogP) is 12.3. The molecule has 4 aromatic carbocycles. The molecular formula is C59H57Cl2F5N10O5. The number of amides is 4. The largest absolute Gasteiger partial charge is 0.471 e. The van der Waals surface area contributed by atoms with E-state index in [9.17, 15) is 41.1 Å². The molecule has 2 heterocycles. The van der Waals surface area contributed by atoms with Crippen LogP contribution < -0.4 is 31.9 Å². The first-order valence-electron chi connectivity index (χ1n) is 26.2. The molecule has 22 heteroatoms. The first-order chi connectivity index (χ1) is 38.6. The number of nitrogens with one attached hydrogen (secondary N) is 6. The highest BCUT2D eigenvalue weighted by Gasteiger charge is 2.39. The molecule has 6 atom stereocenters. The van der Waals surface area contributed by atoms with Gasteiger partial charge in [0.25, 0.3) is 11.8 Å². The zero-order valence-electron chi connectivity index (χ0n) is 44.1. The molecular weight excluding hydrogens is 1090 g/mol. The number of anilines is 4. The number of nitrogens with zero attached hydrogens (tertiary/aromatic N) is 4. The molecule has 4 aliphatic carbocycles. The minimum absolute atomic E-state index is 0.108. The second-order valence-electron chi connectivity index (χ2n) is 21.1. The average molecular weight is 1150 g/mol. The molecule has 4 aliphatic rings. The molecule has 4 amide bonds. The molecule has 15 nitrogen and oxygen atoms in total. The van der Waals surface area contributed by atoms with Crippen LogP contribution in [0.4, 0.5) is 50.0 Å². The number of carbonyl (C=O) groups excluding carboxylic acids is 4. The summed E-state index contributed by atoms with van der Waals surface area (Å²) in [5.74, 6) is -2.27. The van der Waals surface area contributed by atoms with Gasteiger partial charge in [-0.25, -0.2) is 33.5 Å². The number of hydrogen-bond acceptors (Lipinski definition) is 11. The number of hydrogen-bond donors (Lipinski definition) is 6. The van der Waals surface area contributed by atoms with Crippen molar-refractivity contribution in [3.8, 4) is 0 Å². The smallest absolute Gasteiger partial charge is 0.444 e. The van der Waals surface area contributed by atoms with E-state index in [-0.39, 0.29) is 61.0 Å². The number of rotatable bonds is 12. The number of benzene rings is 4. The quantitative estimate of drug-likeness (QED) is 0.0637. The fraction of sp³-hybridized carbons (Fsp3) is 0.322. The van der Waals surface area contributed by atoms with Crippen molar-refractivity contribution < 1.29 is 45.9 Å². The zero-order valence-corrected chi connectivity index (χ0v) is 45.7. The third-order valence-corrected chi connectivity index (χ3v) is 14.3. The third-order valence-electron chi connectivity index (χ3n) is 13.8. The highest BCUT2D eigenvalue weighted by Crippen LogP contribution is 2.37. The van der Waals surface area contributed by atoms with Gasteiger partial charge in [0.1, 0.15) is 17.9 Å². The summed E-state index contributed by atoms with van der Waals surface area (Å²) < 4.78 is 72.0. The van der Waals surface area contributed by atoms with Gasteiger partial charge in [-0.3, -0.25) is 19.7 Å². The standard InChI is InChI=1S/C31H33ClFN5O3.C28H24ClF4N5O2/c1-31(2,3)41-30(40)37-21-11-8-19(9-12-21)28(39)35-22-14-20(33)15-23(16-22)36-29-34-17-26(32)27(38-29)25-13-10-18-6-4-5-7-24(18)25;29-23-14-34-27(38-24(23)22-10-7-15-3-1-2-4-21(15)22)37-20-12-17(30)11-19(13-20)35-25(39)16-5-8-18(9-6-16)36-26(40)28(31,32)33/h4-9,11-13,17,20,22-23H,10,14-16H2,1-3H3,(H,35,39)(H,37,40)(H,34,36,38);1-6,8-10,14,17,19-20H,7,11-13H2,(H,35,39)(H,36,40)(H,34,37,38). The maximum absolute atomic E-state index is 14.8. The van der Waals surface area contributed by atoms with Crippen LogP contribution in [0, 0.1) is 0 Å². The Bertz CT molecular complexity index is 3380. The Morgan fingerprint density at radius 2 is 0.963 bits per heavy atom. The lowest BCUT2D eigenvalue weighted by Gasteiger charge is -2.32. The van der Waals surface area contributed by atoms with Gasteiger partial charge >= 0.3 is 18.2 Å². The molecule has 0 saturated heterocycles. The maximum atomic E-state index is 14.8.